The lowest BCUT2D eigenvalue weighted by atomic mass is 10.1. The van der Waals surface area contributed by atoms with Crippen LogP contribution in [0.5, 0.6) is 0 Å². The van der Waals surface area contributed by atoms with E-state index in [9.17, 15) is 9.59 Å². The number of rotatable bonds is 5. The summed E-state index contributed by atoms with van der Waals surface area (Å²) < 4.78 is 4.97. The van der Waals surface area contributed by atoms with Crippen molar-refractivity contribution in [2.24, 2.45) is 0 Å². The van der Waals surface area contributed by atoms with Gasteiger partial charge < -0.3 is 14.2 Å². The molecule has 128 valence electrons. The van der Waals surface area contributed by atoms with Gasteiger partial charge in [-0.1, -0.05) is 0 Å². The average Bonchev–Trinajstić information content (AvgIpc) is 3.24. The van der Waals surface area contributed by atoms with Crippen molar-refractivity contribution < 1.29 is 14.0 Å². The Balaban J connectivity index is 1.46. The molecule has 1 aliphatic rings. The van der Waals surface area contributed by atoms with Gasteiger partial charge in [0.05, 0.1) is 18.0 Å². The summed E-state index contributed by atoms with van der Waals surface area (Å²) in [6.07, 6.45) is 9.60. The van der Waals surface area contributed by atoms with Crippen molar-refractivity contribution in [1.82, 2.24) is 20.0 Å². The van der Waals surface area contributed by atoms with Crippen molar-refractivity contribution in [3.8, 4) is 0 Å². The normalized spacial score (nSPS) is 15.3. The van der Waals surface area contributed by atoms with Crippen molar-refractivity contribution in [3.63, 3.8) is 0 Å². The quantitative estimate of drug-likeness (QED) is 0.904. The van der Waals surface area contributed by atoms with Crippen LogP contribution in [0.15, 0.2) is 35.4 Å². The number of amides is 2. The van der Waals surface area contributed by atoms with Crippen LogP contribution in [0, 0.1) is 0 Å². The Labute approximate surface area is 140 Å². The van der Waals surface area contributed by atoms with E-state index in [-0.39, 0.29) is 11.8 Å². The molecule has 0 bridgehead atoms. The number of aryl methyl sites for hydroxylation is 1. The molecule has 3 heterocycles. The first kappa shape index (κ1) is 16.3. The van der Waals surface area contributed by atoms with Crippen LogP contribution in [-0.4, -0.2) is 58.0 Å². The van der Waals surface area contributed by atoms with Gasteiger partial charge in [-0.05, 0) is 30.9 Å². The molecule has 0 atom stereocenters. The summed E-state index contributed by atoms with van der Waals surface area (Å²) in [5.41, 5.74) is 1.69. The molecule has 0 unspecified atom stereocenters. The Bertz CT molecular complexity index is 651. The van der Waals surface area contributed by atoms with Crippen LogP contribution in [-0.2, 0) is 11.2 Å². The fourth-order valence-electron chi connectivity index (χ4n) is 2.95. The fourth-order valence-corrected chi connectivity index (χ4v) is 2.95. The van der Waals surface area contributed by atoms with Gasteiger partial charge >= 0.3 is 0 Å². The van der Waals surface area contributed by atoms with E-state index < -0.39 is 0 Å². The topological polar surface area (TPSA) is 82.4 Å². The molecule has 0 radical (unpaired) electrons. The Morgan fingerprint density at radius 3 is 2.79 bits per heavy atom. The second-order valence-electron chi connectivity index (χ2n) is 6.00. The largest absolute Gasteiger partial charge is 0.472 e. The maximum atomic E-state index is 12.4. The monoisotopic (exact) mass is 330 g/mol. The van der Waals surface area contributed by atoms with E-state index in [1.807, 2.05) is 11.1 Å². The highest BCUT2D eigenvalue weighted by molar-refractivity contribution is 5.93. The molecular formula is C17H22N4O3. The average molecular weight is 330 g/mol. The third-order valence-corrected chi connectivity index (χ3v) is 4.31. The van der Waals surface area contributed by atoms with E-state index in [0.717, 1.165) is 24.8 Å². The van der Waals surface area contributed by atoms with Crippen LogP contribution in [0.2, 0.25) is 0 Å². The molecule has 7 nitrogen and oxygen atoms in total. The predicted octanol–water partition coefficient (Wildman–Crippen LogP) is 1.70. The lowest BCUT2D eigenvalue weighted by Crippen LogP contribution is -2.37. The zero-order chi connectivity index (χ0) is 16.8. The van der Waals surface area contributed by atoms with Crippen LogP contribution in [0.3, 0.4) is 0 Å². The number of aromatic amines is 1. The van der Waals surface area contributed by atoms with Gasteiger partial charge in [0.1, 0.15) is 6.26 Å². The summed E-state index contributed by atoms with van der Waals surface area (Å²) in [6, 6.07) is 1.67. The van der Waals surface area contributed by atoms with Crippen LogP contribution in [0.1, 0.15) is 35.2 Å². The smallest absolute Gasteiger partial charge is 0.257 e. The molecule has 2 aromatic rings. The Kier molecular flexibility index (Phi) is 5.30. The van der Waals surface area contributed by atoms with Gasteiger partial charge in [-0.25, -0.2) is 0 Å². The number of carbonyl (C=O) groups is 2. The van der Waals surface area contributed by atoms with E-state index in [1.165, 1.54) is 12.5 Å². The van der Waals surface area contributed by atoms with Gasteiger partial charge in [-0.2, -0.15) is 5.10 Å². The van der Waals surface area contributed by atoms with E-state index in [2.05, 4.69) is 10.2 Å². The summed E-state index contributed by atoms with van der Waals surface area (Å²) in [7, 11) is 0. The molecule has 1 N–H and O–H groups in total. The maximum Gasteiger partial charge on any atom is 0.257 e. The summed E-state index contributed by atoms with van der Waals surface area (Å²) in [6.45, 7) is 2.54. The zero-order valence-electron chi connectivity index (χ0n) is 13.6. The number of H-pyrrole nitrogens is 1. The third-order valence-electron chi connectivity index (χ3n) is 4.31. The molecule has 1 saturated heterocycles. The first-order chi connectivity index (χ1) is 11.7. The minimum atomic E-state index is -0.0296. The van der Waals surface area contributed by atoms with Crippen molar-refractivity contribution in [2.75, 3.05) is 26.2 Å². The molecule has 0 aliphatic carbocycles. The van der Waals surface area contributed by atoms with Gasteiger partial charge in [0.2, 0.25) is 5.91 Å². The number of aromatic nitrogens is 2. The lowest BCUT2D eigenvalue weighted by molar-refractivity contribution is -0.131. The number of hydrogen-bond acceptors (Lipinski definition) is 4. The maximum absolute atomic E-state index is 12.4. The van der Waals surface area contributed by atoms with Gasteiger partial charge in [-0.15, -0.1) is 0 Å². The first-order valence-corrected chi connectivity index (χ1v) is 8.31. The van der Waals surface area contributed by atoms with Gasteiger partial charge in [0, 0.05) is 38.8 Å². The van der Waals surface area contributed by atoms with Crippen molar-refractivity contribution >= 4 is 11.8 Å². The lowest BCUT2D eigenvalue weighted by Gasteiger charge is -2.22. The molecule has 24 heavy (non-hydrogen) atoms. The highest BCUT2D eigenvalue weighted by atomic mass is 16.3. The molecule has 0 aromatic carbocycles. The van der Waals surface area contributed by atoms with Crippen LogP contribution >= 0.6 is 0 Å². The highest BCUT2D eigenvalue weighted by Gasteiger charge is 2.23. The molecule has 7 heteroatoms. The summed E-state index contributed by atoms with van der Waals surface area (Å²) in [5.74, 6) is 0.133. The van der Waals surface area contributed by atoms with Gasteiger partial charge in [-0.3, -0.25) is 14.7 Å². The van der Waals surface area contributed by atoms with E-state index in [4.69, 9.17) is 4.42 Å². The molecule has 1 fully saturated rings. The van der Waals surface area contributed by atoms with E-state index in [0.29, 0.717) is 38.2 Å². The molecule has 2 amide bonds. The van der Waals surface area contributed by atoms with E-state index in [1.54, 1.807) is 17.2 Å². The van der Waals surface area contributed by atoms with E-state index >= 15 is 0 Å². The number of furan rings is 1. The summed E-state index contributed by atoms with van der Waals surface area (Å²) in [4.78, 5) is 28.4. The summed E-state index contributed by atoms with van der Waals surface area (Å²) >= 11 is 0. The van der Waals surface area contributed by atoms with Gasteiger partial charge in [0.25, 0.3) is 5.91 Å². The Hall–Kier alpha value is -2.57. The van der Waals surface area contributed by atoms with Crippen LogP contribution in [0.25, 0.3) is 0 Å². The second-order valence-corrected chi connectivity index (χ2v) is 6.00. The zero-order valence-corrected chi connectivity index (χ0v) is 13.6. The number of hydrogen-bond donors (Lipinski definition) is 1. The minimum absolute atomic E-state index is 0.0296. The molecule has 2 aromatic heterocycles. The van der Waals surface area contributed by atoms with Crippen molar-refractivity contribution in [2.45, 2.75) is 25.7 Å². The molecule has 0 spiro atoms. The molecule has 1 aliphatic heterocycles. The Morgan fingerprint density at radius 1 is 1.21 bits per heavy atom. The van der Waals surface area contributed by atoms with Gasteiger partial charge in [0.15, 0.2) is 0 Å². The molecular weight excluding hydrogens is 308 g/mol. The van der Waals surface area contributed by atoms with Crippen molar-refractivity contribution in [3.05, 3.63) is 42.1 Å². The fraction of sp³-hybridized carbons (Fsp3) is 0.471. The number of nitrogens with one attached hydrogen (secondary N) is 1. The third kappa shape index (κ3) is 4.04. The predicted molar refractivity (Wildman–Crippen MR) is 87.3 cm³/mol. The minimum Gasteiger partial charge on any atom is -0.472 e. The number of carbonyl (C=O) groups excluding carboxylic acids is 2. The first-order valence-electron chi connectivity index (χ1n) is 8.31. The number of nitrogens with zero attached hydrogens (tertiary/aromatic N) is 3. The second kappa shape index (κ2) is 7.81. The molecule has 3 rings (SSSR count). The Morgan fingerprint density at radius 2 is 2.04 bits per heavy atom. The highest BCUT2D eigenvalue weighted by Crippen LogP contribution is 2.12. The van der Waals surface area contributed by atoms with Crippen LogP contribution in [0.4, 0.5) is 0 Å². The van der Waals surface area contributed by atoms with Crippen LogP contribution < -0.4 is 0 Å². The van der Waals surface area contributed by atoms with Crippen molar-refractivity contribution in [1.29, 1.82) is 0 Å². The molecule has 0 saturated carbocycles. The standard InChI is InChI=1S/C17H22N4O3/c22-16(4-1-3-14-11-18-19-12-14)20-6-2-7-21(9-8-20)17(23)15-5-10-24-13-15/h5,10-13H,1-4,6-9H2,(H,18,19). The summed E-state index contributed by atoms with van der Waals surface area (Å²) in [5, 5.41) is 6.68. The SMILES string of the molecule is O=C(CCCc1cn[nH]c1)N1CCCN(C(=O)c2ccoc2)CC1.